The van der Waals surface area contributed by atoms with Crippen molar-refractivity contribution in [2.24, 2.45) is 0 Å². The highest BCUT2D eigenvalue weighted by Gasteiger charge is 2.16. The standard InChI is InChI=1S/C22H21N3O2S2/c1-3-24(19-10-6-8-16-7-4-5-9-18(16)19)21(27)14-28-13-17-11-20(26)25-15(2)12-29-22(25)23-17/h4-12H,3,13-14H2,1-2H3. The van der Waals surface area contributed by atoms with E-state index in [1.165, 1.54) is 23.1 Å². The van der Waals surface area contributed by atoms with E-state index in [1.54, 1.807) is 10.5 Å². The number of amides is 1. The van der Waals surface area contributed by atoms with Gasteiger partial charge in [0.1, 0.15) is 0 Å². The topological polar surface area (TPSA) is 54.7 Å². The van der Waals surface area contributed by atoms with Crippen LogP contribution in [0.4, 0.5) is 5.69 Å². The molecule has 148 valence electrons. The summed E-state index contributed by atoms with van der Waals surface area (Å²) in [4.78, 5) is 32.3. The van der Waals surface area contributed by atoms with E-state index in [9.17, 15) is 9.59 Å². The van der Waals surface area contributed by atoms with Crippen molar-refractivity contribution in [2.45, 2.75) is 19.6 Å². The number of nitrogens with zero attached hydrogens (tertiary/aromatic N) is 3. The van der Waals surface area contributed by atoms with Gasteiger partial charge in [-0.05, 0) is 25.3 Å². The van der Waals surface area contributed by atoms with Crippen LogP contribution in [0.25, 0.3) is 15.7 Å². The minimum absolute atomic E-state index is 0.0543. The quantitative estimate of drug-likeness (QED) is 0.458. The molecule has 5 nitrogen and oxygen atoms in total. The highest BCUT2D eigenvalue weighted by Crippen LogP contribution is 2.27. The van der Waals surface area contributed by atoms with Crippen LogP contribution in [0.15, 0.2) is 58.7 Å². The minimum atomic E-state index is -0.0679. The molecule has 0 saturated heterocycles. The van der Waals surface area contributed by atoms with Crippen LogP contribution >= 0.6 is 23.1 Å². The fourth-order valence-corrected chi connectivity index (χ4v) is 5.10. The number of rotatable bonds is 6. The van der Waals surface area contributed by atoms with Gasteiger partial charge in [0.05, 0.1) is 17.1 Å². The molecule has 2 aromatic carbocycles. The van der Waals surface area contributed by atoms with Crippen LogP contribution in [0.1, 0.15) is 18.3 Å². The molecule has 0 spiro atoms. The molecule has 4 rings (SSSR count). The average molecular weight is 424 g/mol. The lowest BCUT2D eigenvalue weighted by atomic mass is 10.1. The Hall–Kier alpha value is -2.64. The van der Waals surface area contributed by atoms with Crippen molar-refractivity contribution >= 4 is 50.4 Å². The number of aryl methyl sites for hydroxylation is 1. The third-order valence-corrected chi connectivity index (χ3v) is 6.67. The minimum Gasteiger partial charge on any atom is -0.311 e. The Morgan fingerprint density at radius 2 is 2.00 bits per heavy atom. The second-order valence-electron chi connectivity index (χ2n) is 6.71. The molecule has 4 aromatic rings. The van der Waals surface area contributed by atoms with Crippen molar-refractivity contribution in [1.82, 2.24) is 9.38 Å². The van der Waals surface area contributed by atoms with E-state index < -0.39 is 0 Å². The van der Waals surface area contributed by atoms with Gasteiger partial charge in [-0.3, -0.25) is 14.0 Å². The zero-order chi connectivity index (χ0) is 20.4. The van der Waals surface area contributed by atoms with Crippen molar-refractivity contribution < 1.29 is 4.79 Å². The molecule has 0 aliphatic heterocycles. The monoisotopic (exact) mass is 423 g/mol. The average Bonchev–Trinajstić information content (AvgIpc) is 3.10. The number of fused-ring (bicyclic) bond motifs is 2. The van der Waals surface area contributed by atoms with E-state index in [2.05, 4.69) is 17.1 Å². The van der Waals surface area contributed by atoms with Gasteiger partial charge in [-0.25, -0.2) is 4.98 Å². The second-order valence-corrected chi connectivity index (χ2v) is 8.53. The molecule has 7 heteroatoms. The maximum absolute atomic E-state index is 12.9. The third-order valence-electron chi connectivity index (χ3n) is 4.78. The molecule has 2 heterocycles. The van der Waals surface area contributed by atoms with E-state index in [1.807, 2.05) is 54.5 Å². The number of anilines is 1. The van der Waals surface area contributed by atoms with E-state index in [0.29, 0.717) is 28.7 Å². The van der Waals surface area contributed by atoms with Crippen LogP contribution < -0.4 is 10.5 Å². The third kappa shape index (κ3) is 3.93. The van der Waals surface area contributed by atoms with Gasteiger partial charge >= 0.3 is 0 Å². The largest absolute Gasteiger partial charge is 0.311 e. The highest BCUT2D eigenvalue weighted by molar-refractivity contribution is 7.99. The lowest BCUT2D eigenvalue weighted by molar-refractivity contribution is -0.116. The van der Waals surface area contributed by atoms with Gasteiger partial charge in [0.15, 0.2) is 4.96 Å². The first-order valence-electron chi connectivity index (χ1n) is 9.41. The van der Waals surface area contributed by atoms with Crippen molar-refractivity contribution in [1.29, 1.82) is 0 Å². The Bertz CT molecular complexity index is 1240. The molecular weight excluding hydrogens is 402 g/mol. The molecule has 0 atom stereocenters. The maximum Gasteiger partial charge on any atom is 0.258 e. The Morgan fingerprint density at radius 3 is 2.83 bits per heavy atom. The molecule has 2 aromatic heterocycles. The van der Waals surface area contributed by atoms with Gasteiger partial charge in [-0.1, -0.05) is 36.4 Å². The predicted molar refractivity (Wildman–Crippen MR) is 122 cm³/mol. The summed E-state index contributed by atoms with van der Waals surface area (Å²) in [6, 6.07) is 15.7. The smallest absolute Gasteiger partial charge is 0.258 e. The van der Waals surface area contributed by atoms with Gasteiger partial charge in [0.25, 0.3) is 5.56 Å². The van der Waals surface area contributed by atoms with Gasteiger partial charge in [0.2, 0.25) is 5.91 Å². The van der Waals surface area contributed by atoms with Crippen LogP contribution in [0.3, 0.4) is 0 Å². The zero-order valence-corrected chi connectivity index (χ0v) is 17.9. The predicted octanol–water partition coefficient (Wildman–Crippen LogP) is 4.50. The fourth-order valence-electron chi connectivity index (χ4n) is 3.42. The molecule has 0 saturated carbocycles. The first-order chi connectivity index (χ1) is 14.1. The summed E-state index contributed by atoms with van der Waals surface area (Å²) >= 11 is 2.94. The van der Waals surface area contributed by atoms with Crippen LogP contribution in [0.5, 0.6) is 0 Å². The zero-order valence-electron chi connectivity index (χ0n) is 16.3. The van der Waals surface area contributed by atoms with Gasteiger partial charge in [-0.15, -0.1) is 23.1 Å². The van der Waals surface area contributed by atoms with Crippen molar-refractivity contribution in [3.05, 3.63) is 75.7 Å². The van der Waals surface area contributed by atoms with E-state index >= 15 is 0 Å². The van der Waals surface area contributed by atoms with E-state index in [0.717, 1.165) is 22.2 Å². The molecule has 0 radical (unpaired) electrons. The Balaban J connectivity index is 1.48. The summed E-state index contributed by atoms with van der Waals surface area (Å²) in [5.41, 5.74) is 2.47. The van der Waals surface area contributed by atoms with Gasteiger partial charge < -0.3 is 4.90 Å². The molecule has 0 fully saturated rings. The first-order valence-corrected chi connectivity index (χ1v) is 11.4. The molecule has 0 N–H and O–H groups in total. The number of thioether (sulfide) groups is 1. The van der Waals surface area contributed by atoms with Crippen molar-refractivity contribution in [3.8, 4) is 0 Å². The number of aromatic nitrogens is 2. The summed E-state index contributed by atoms with van der Waals surface area (Å²) in [5.74, 6) is 0.918. The van der Waals surface area contributed by atoms with Crippen LogP contribution in [0, 0.1) is 6.92 Å². The van der Waals surface area contributed by atoms with Crippen LogP contribution in [-0.2, 0) is 10.5 Å². The molecule has 0 unspecified atom stereocenters. The number of hydrogen-bond acceptors (Lipinski definition) is 5. The SMILES string of the molecule is CCN(C(=O)CSCc1cc(=O)n2c(C)csc2n1)c1cccc2ccccc12. The molecular formula is C22H21N3O2S2. The summed E-state index contributed by atoms with van der Waals surface area (Å²) in [6.07, 6.45) is 0. The Labute approximate surface area is 177 Å². The summed E-state index contributed by atoms with van der Waals surface area (Å²) in [5, 5.41) is 4.12. The number of thiazole rings is 1. The second kappa shape index (κ2) is 8.39. The number of carbonyl (C=O) groups is 1. The summed E-state index contributed by atoms with van der Waals surface area (Å²) in [7, 11) is 0. The van der Waals surface area contributed by atoms with Crippen LogP contribution in [0.2, 0.25) is 0 Å². The molecule has 0 bridgehead atoms. The number of carbonyl (C=O) groups excluding carboxylic acids is 1. The normalized spacial score (nSPS) is 11.2. The number of hydrogen-bond donors (Lipinski definition) is 0. The number of benzene rings is 2. The maximum atomic E-state index is 12.9. The Morgan fingerprint density at radius 1 is 1.21 bits per heavy atom. The van der Waals surface area contributed by atoms with E-state index in [-0.39, 0.29) is 11.5 Å². The fraction of sp³-hybridized carbons (Fsp3) is 0.227. The highest BCUT2D eigenvalue weighted by atomic mass is 32.2. The Kier molecular flexibility index (Phi) is 5.69. The van der Waals surface area contributed by atoms with Crippen LogP contribution in [-0.4, -0.2) is 27.6 Å². The van der Waals surface area contributed by atoms with Crippen molar-refractivity contribution in [3.63, 3.8) is 0 Å². The summed E-state index contributed by atoms with van der Waals surface area (Å²) in [6.45, 7) is 4.49. The molecule has 0 aliphatic rings. The summed E-state index contributed by atoms with van der Waals surface area (Å²) < 4.78 is 1.61. The lowest BCUT2D eigenvalue weighted by Gasteiger charge is -2.22. The molecule has 29 heavy (non-hydrogen) atoms. The lowest BCUT2D eigenvalue weighted by Crippen LogP contribution is -2.32. The molecule has 1 amide bonds. The van der Waals surface area contributed by atoms with Gasteiger partial charge in [-0.2, -0.15) is 0 Å². The van der Waals surface area contributed by atoms with Crippen molar-refractivity contribution in [2.75, 3.05) is 17.2 Å². The van der Waals surface area contributed by atoms with E-state index in [4.69, 9.17) is 0 Å². The molecule has 0 aliphatic carbocycles. The first kappa shape index (κ1) is 19.7. The van der Waals surface area contributed by atoms with Gasteiger partial charge in [0, 0.05) is 34.8 Å².